The molecule has 0 bridgehead atoms. The van der Waals surface area contributed by atoms with E-state index in [1.165, 1.54) is 51.0 Å². The van der Waals surface area contributed by atoms with Crippen LogP contribution in [0.5, 0.6) is 0 Å². The van der Waals surface area contributed by atoms with Gasteiger partial charge in [-0.25, -0.2) is 0 Å². The third kappa shape index (κ3) is 5.03. The summed E-state index contributed by atoms with van der Waals surface area (Å²) in [7, 11) is 0. The Labute approximate surface area is 136 Å². The van der Waals surface area contributed by atoms with E-state index in [4.69, 9.17) is 11.6 Å². The highest BCUT2D eigenvalue weighted by atomic mass is 79.9. The fourth-order valence-corrected chi connectivity index (χ4v) is 3.42. The Morgan fingerprint density at radius 2 is 2.10 bits per heavy atom. The van der Waals surface area contributed by atoms with E-state index in [1.54, 1.807) is 0 Å². The minimum atomic E-state index is 0.786. The average Bonchev–Trinajstić information content (AvgIpc) is 2.44. The molecule has 2 nitrogen and oxygen atoms in total. The van der Waals surface area contributed by atoms with Crippen molar-refractivity contribution < 1.29 is 0 Å². The van der Waals surface area contributed by atoms with Crippen LogP contribution in [0.3, 0.4) is 0 Å². The highest BCUT2D eigenvalue weighted by molar-refractivity contribution is 9.10. The standard InChI is InChI=1S/C16H24BrClN2/c1-2-9-20(11-13-5-7-19-8-6-13)12-14-3-4-16(18)15(17)10-14/h3-4,10,13,19H,2,5-9,11-12H2,1H3. The predicted octanol–water partition coefficient (Wildman–Crippen LogP) is 4.31. The average molecular weight is 360 g/mol. The van der Waals surface area contributed by atoms with Crippen LogP contribution >= 0.6 is 27.5 Å². The molecule has 1 saturated heterocycles. The fraction of sp³-hybridized carbons (Fsp3) is 0.625. The van der Waals surface area contributed by atoms with Crippen LogP contribution in [0, 0.1) is 5.92 Å². The van der Waals surface area contributed by atoms with Gasteiger partial charge in [-0.3, -0.25) is 4.90 Å². The zero-order valence-corrected chi connectivity index (χ0v) is 14.5. The maximum atomic E-state index is 6.07. The molecule has 1 heterocycles. The van der Waals surface area contributed by atoms with E-state index in [9.17, 15) is 0 Å². The Hall–Kier alpha value is -0.0900. The third-order valence-corrected chi connectivity index (χ3v) is 5.12. The molecule has 1 aromatic rings. The SMILES string of the molecule is CCCN(Cc1ccc(Cl)c(Br)c1)CC1CCNCC1. The Bertz CT molecular complexity index is 419. The molecule has 0 amide bonds. The molecule has 20 heavy (non-hydrogen) atoms. The van der Waals surface area contributed by atoms with Gasteiger partial charge in [-0.1, -0.05) is 24.6 Å². The molecule has 1 aliphatic rings. The van der Waals surface area contributed by atoms with E-state index in [-0.39, 0.29) is 0 Å². The number of rotatable bonds is 6. The van der Waals surface area contributed by atoms with Gasteiger partial charge in [0.15, 0.2) is 0 Å². The number of benzene rings is 1. The van der Waals surface area contributed by atoms with E-state index >= 15 is 0 Å². The van der Waals surface area contributed by atoms with Crippen LogP contribution in [0.1, 0.15) is 31.7 Å². The van der Waals surface area contributed by atoms with Crippen LogP contribution in [-0.4, -0.2) is 31.1 Å². The summed E-state index contributed by atoms with van der Waals surface area (Å²) in [5.41, 5.74) is 1.34. The largest absolute Gasteiger partial charge is 0.317 e. The van der Waals surface area contributed by atoms with Crippen LogP contribution < -0.4 is 5.32 Å². The summed E-state index contributed by atoms with van der Waals surface area (Å²) in [6, 6.07) is 6.27. The van der Waals surface area contributed by atoms with Crippen molar-refractivity contribution in [1.82, 2.24) is 10.2 Å². The molecular formula is C16H24BrClN2. The smallest absolute Gasteiger partial charge is 0.0548 e. The van der Waals surface area contributed by atoms with Crippen molar-refractivity contribution in [3.8, 4) is 0 Å². The van der Waals surface area contributed by atoms with Gasteiger partial charge in [0.05, 0.1) is 5.02 Å². The van der Waals surface area contributed by atoms with Gasteiger partial charge in [0, 0.05) is 17.6 Å². The number of nitrogens with one attached hydrogen (secondary N) is 1. The van der Waals surface area contributed by atoms with Gasteiger partial charge < -0.3 is 5.32 Å². The number of hydrogen-bond acceptors (Lipinski definition) is 2. The first-order chi connectivity index (χ1) is 9.69. The molecule has 1 N–H and O–H groups in total. The number of halogens is 2. The van der Waals surface area contributed by atoms with E-state index in [0.717, 1.165) is 22.0 Å². The van der Waals surface area contributed by atoms with Crippen molar-refractivity contribution in [2.24, 2.45) is 5.92 Å². The Morgan fingerprint density at radius 1 is 1.35 bits per heavy atom. The van der Waals surface area contributed by atoms with Crippen LogP contribution in [-0.2, 0) is 6.54 Å². The fourth-order valence-electron chi connectivity index (χ4n) is 2.88. The van der Waals surface area contributed by atoms with E-state index in [1.807, 2.05) is 6.07 Å². The van der Waals surface area contributed by atoms with Crippen molar-refractivity contribution in [3.05, 3.63) is 33.3 Å². The highest BCUT2D eigenvalue weighted by Crippen LogP contribution is 2.24. The minimum Gasteiger partial charge on any atom is -0.317 e. The molecule has 1 aromatic carbocycles. The summed E-state index contributed by atoms with van der Waals surface area (Å²) in [4.78, 5) is 2.59. The maximum Gasteiger partial charge on any atom is 0.0548 e. The predicted molar refractivity (Wildman–Crippen MR) is 90.3 cm³/mol. The lowest BCUT2D eigenvalue weighted by molar-refractivity contribution is 0.199. The van der Waals surface area contributed by atoms with Gasteiger partial charge in [-0.05, 0) is 78.4 Å². The third-order valence-electron chi connectivity index (χ3n) is 3.91. The molecule has 0 unspecified atom stereocenters. The molecule has 1 fully saturated rings. The summed E-state index contributed by atoms with van der Waals surface area (Å²) in [5, 5.41) is 4.23. The quantitative estimate of drug-likeness (QED) is 0.814. The summed E-state index contributed by atoms with van der Waals surface area (Å²) in [6.45, 7) is 8.02. The van der Waals surface area contributed by atoms with Gasteiger partial charge in [-0.2, -0.15) is 0 Å². The second-order valence-electron chi connectivity index (χ2n) is 5.68. The second-order valence-corrected chi connectivity index (χ2v) is 6.94. The Morgan fingerprint density at radius 3 is 2.75 bits per heavy atom. The van der Waals surface area contributed by atoms with Crippen LogP contribution in [0.15, 0.2) is 22.7 Å². The molecule has 1 aliphatic heterocycles. The molecule has 0 spiro atoms. The minimum absolute atomic E-state index is 0.786. The lowest BCUT2D eigenvalue weighted by atomic mass is 9.97. The van der Waals surface area contributed by atoms with Crippen molar-refractivity contribution in [2.75, 3.05) is 26.2 Å². The highest BCUT2D eigenvalue weighted by Gasteiger charge is 2.17. The van der Waals surface area contributed by atoms with E-state index in [2.05, 4.69) is 45.2 Å². The monoisotopic (exact) mass is 358 g/mol. The van der Waals surface area contributed by atoms with E-state index in [0.29, 0.717) is 0 Å². The number of nitrogens with zero attached hydrogens (tertiary/aromatic N) is 1. The first kappa shape index (κ1) is 16.3. The molecule has 0 aliphatic carbocycles. The lowest BCUT2D eigenvalue weighted by Crippen LogP contribution is -2.36. The lowest BCUT2D eigenvalue weighted by Gasteiger charge is -2.30. The molecule has 112 valence electrons. The molecular weight excluding hydrogens is 336 g/mol. The van der Waals surface area contributed by atoms with Gasteiger partial charge in [0.25, 0.3) is 0 Å². The molecule has 0 radical (unpaired) electrons. The molecule has 0 atom stereocenters. The van der Waals surface area contributed by atoms with Gasteiger partial charge in [0.1, 0.15) is 0 Å². The summed E-state index contributed by atoms with van der Waals surface area (Å²) in [6.07, 6.45) is 3.83. The number of hydrogen-bond donors (Lipinski definition) is 1. The van der Waals surface area contributed by atoms with Crippen molar-refractivity contribution in [1.29, 1.82) is 0 Å². The van der Waals surface area contributed by atoms with Crippen LogP contribution in [0.2, 0.25) is 5.02 Å². The topological polar surface area (TPSA) is 15.3 Å². The van der Waals surface area contributed by atoms with Gasteiger partial charge >= 0.3 is 0 Å². The summed E-state index contributed by atoms with van der Waals surface area (Å²) < 4.78 is 0.995. The van der Waals surface area contributed by atoms with Gasteiger partial charge in [-0.15, -0.1) is 0 Å². The van der Waals surface area contributed by atoms with Crippen LogP contribution in [0.25, 0.3) is 0 Å². The van der Waals surface area contributed by atoms with Gasteiger partial charge in [0.2, 0.25) is 0 Å². The van der Waals surface area contributed by atoms with Crippen molar-refractivity contribution in [2.45, 2.75) is 32.7 Å². The molecule has 2 rings (SSSR count). The first-order valence-electron chi connectivity index (χ1n) is 7.56. The second kappa shape index (κ2) is 8.38. The maximum absolute atomic E-state index is 6.07. The molecule has 0 aromatic heterocycles. The molecule has 0 saturated carbocycles. The normalized spacial score (nSPS) is 16.8. The first-order valence-corrected chi connectivity index (χ1v) is 8.73. The molecule has 4 heteroatoms. The van der Waals surface area contributed by atoms with Crippen LogP contribution in [0.4, 0.5) is 0 Å². The van der Waals surface area contributed by atoms with E-state index < -0.39 is 0 Å². The summed E-state index contributed by atoms with van der Waals surface area (Å²) >= 11 is 9.58. The summed E-state index contributed by atoms with van der Waals surface area (Å²) in [5.74, 6) is 0.846. The Kier molecular flexibility index (Phi) is 6.82. The van der Waals surface area contributed by atoms with Crippen molar-refractivity contribution >= 4 is 27.5 Å². The number of piperidine rings is 1. The Balaban J connectivity index is 1.94. The van der Waals surface area contributed by atoms with Crippen molar-refractivity contribution in [3.63, 3.8) is 0 Å². The zero-order chi connectivity index (χ0) is 14.4. The zero-order valence-electron chi connectivity index (χ0n) is 12.2.